The van der Waals surface area contributed by atoms with Gasteiger partial charge in [-0.2, -0.15) is 0 Å². The lowest BCUT2D eigenvalue weighted by atomic mass is 9.97. The standard InChI is InChI=1S/C16H23FN2O/c1-12(2)11-15(19-9-7-18-8-10-19)13-5-4-6-14(17)16(13)20-3/h4-6,15,18H,1,7-11H2,2-3H3/t15-/m1/s1. The van der Waals surface area contributed by atoms with Gasteiger partial charge in [-0.25, -0.2) is 4.39 Å². The molecule has 20 heavy (non-hydrogen) atoms. The van der Waals surface area contributed by atoms with E-state index in [4.69, 9.17) is 4.74 Å². The number of rotatable bonds is 5. The molecule has 0 bridgehead atoms. The number of para-hydroxylation sites is 1. The van der Waals surface area contributed by atoms with Gasteiger partial charge in [0.15, 0.2) is 11.6 Å². The van der Waals surface area contributed by atoms with E-state index >= 15 is 0 Å². The molecule has 0 saturated carbocycles. The lowest BCUT2D eigenvalue weighted by Crippen LogP contribution is -2.45. The van der Waals surface area contributed by atoms with E-state index in [1.807, 2.05) is 13.0 Å². The molecule has 1 N–H and O–H groups in total. The molecule has 1 aliphatic heterocycles. The molecule has 0 aliphatic carbocycles. The number of nitrogens with zero attached hydrogens (tertiary/aromatic N) is 1. The van der Waals surface area contributed by atoms with Crippen molar-refractivity contribution in [1.29, 1.82) is 0 Å². The Morgan fingerprint density at radius 1 is 1.45 bits per heavy atom. The van der Waals surface area contributed by atoms with Gasteiger partial charge >= 0.3 is 0 Å². The number of hydrogen-bond donors (Lipinski definition) is 1. The fourth-order valence-corrected chi connectivity index (χ4v) is 2.76. The van der Waals surface area contributed by atoms with Gasteiger partial charge in [0.1, 0.15) is 0 Å². The Labute approximate surface area is 120 Å². The highest BCUT2D eigenvalue weighted by atomic mass is 19.1. The van der Waals surface area contributed by atoms with E-state index in [1.54, 1.807) is 6.07 Å². The zero-order valence-corrected chi connectivity index (χ0v) is 12.3. The highest BCUT2D eigenvalue weighted by molar-refractivity contribution is 5.38. The first-order valence-electron chi connectivity index (χ1n) is 7.05. The van der Waals surface area contributed by atoms with Crippen LogP contribution >= 0.6 is 0 Å². The second-order valence-electron chi connectivity index (χ2n) is 5.33. The number of piperazine rings is 1. The topological polar surface area (TPSA) is 24.5 Å². The van der Waals surface area contributed by atoms with Gasteiger partial charge in [0.25, 0.3) is 0 Å². The van der Waals surface area contributed by atoms with E-state index in [0.29, 0.717) is 5.75 Å². The molecule has 1 atom stereocenters. The summed E-state index contributed by atoms with van der Waals surface area (Å²) in [6.07, 6.45) is 0.819. The quantitative estimate of drug-likeness (QED) is 0.838. The van der Waals surface area contributed by atoms with E-state index in [-0.39, 0.29) is 11.9 Å². The van der Waals surface area contributed by atoms with Crippen molar-refractivity contribution >= 4 is 0 Å². The highest BCUT2D eigenvalue weighted by Crippen LogP contribution is 2.35. The van der Waals surface area contributed by atoms with Crippen LogP contribution in [0.4, 0.5) is 4.39 Å². The normalized spacial score (nSPS) is 17.8. The minimum absolute atomic E-state index is 0.125. The van der Waals surface area contributed by atoms with Gasteiger partial charge in [-0.1, -0.05) is 17.7 Å². The van der Waals surface area contributed by atoms with Crippen LogP contribution in [0.2, 0.25) is 0 Å². The van der Waals surface area contributed by atoms with Gasteiger partial charge in [-0.3, -0.25) is 4.90 Å². The van der Waals surface area contributed by atoms with Crippen molar-refractivity contribution in [3.63, 3.8) is 0 Å². The maximum atomic E-state index is 13.9. The predicted octanol–water partition coefficient (Wildman–Crippen LogP) is 2.75. The number of hydrogen-bond acceptors (Lipinski definition) is 3. The first-order chi connectivity index (χ1) is 9.63. The molecule has 1 aliphatic rings. The summed E-state index contributed by atoms with van der Waals surface area (Å²) in [7, 11) is 1.53. The summed E-state index contributed by atoms with van der Waals surface area (Å²) in [6, 6.07) is 5.27. The first kappa shape index (κ1) is 15.0. The summed E-state index contributed by atoms with van der Waals surface area (Å²) >= 11 is 0. The Balaban J connectivity index is 2.34. The van der Waals surface area contributed by atoms with E-state index < -0.39 is 0 Å². The smallest absolute Gasteiger partial charge is 0.165 e. The Hall–Kier alpha value is -1.39. The Bertz CT molecular complexity index is 470. The largest absolute Gasteiger partial charge is 0.493 e. The maximum absolute atomic E-state index is 13.9. The minimum Gasteiger partial charge on any atom is -0.493 e. The molecule has 1 saturated heterocycles. The molecular weight excluding hydrogens is 255 g/mol. The third-order valence-corrected chi connectivity index (χ3v) is 3.69. The second kappa shape index (κ2) is 6.86. The summed E-state index contributed by atoms with van der Waals surface area (Å²) in [6.45, 7) is 9.87. The van der Waals surface area contributed by atoms with Gasteiger partial charge < -0.3 is 10.1 Å². The molecule has 3 nitrogen and oxygen atoms in total. The minimum atomic E-state index is -0.299. The van der Waals surface area contributed by atoms with Crippen molar-refractivity contribution in [3.05, 3.63) is 41.7 Å². The van der Waals surface area contributed by atoms with Crippen LogP contribution in [0, 0.1) is 5.82 Å². The molecule has 0 radical (unpaired) electrons. The lowest BCUT2D eigenvalue weighted by Gasteiger charge is -2.36. The third kappa shape index (κ3) is 3.38. The number of ether oxygens (including phenoxy) is 1. The predicted molar refractivity (Wildman–Crippen MR) is 79.6 cm³/mol. The van der Waals surface area contributed by atoms with Crippen molar-refractivity contribution in [3.8, 4) is 5.75 Å². The number of benzene rings is 1. The van der Waals surface area contributed by atoms with E-state index in [2.05, 4.69) is 16.8 Å². The third-order valence-electron chi connectivity index (χ3n) is 3.69. The fourth-order valence-electron chi connectivity index (χ4n) is 2.76. The molecule has 1 heterocycles. The molecule has 0 aromatic heterocycles. The SMILES string of the molecule is C=C(C)C[C@H](c1cccc(F)c1OC)N1CCNCC1. The molecule has 1 aromatic rings. The molecule has 4 heteroatoms. The van der Waals surface area contributed by atoms with Gasteiger partial charge in [0, 0.05) is 37.8 Å². The van der Waals surface area contributed by atoms with E-state index in [0.717, 1.165) is 43.7 Å². The van der Waals surface area contributed by atoms with Crippen LogP contribution in [0.25, 0.3) is 0 Å². The van der Waals surface area contributed by atoms with Gasteiger partial charge in [0.2, 0.25) is 0 Å². The second-order valence-corrected chi connectivity index (χ2v) is 5.33. The van der Waals surface area contributed by atoms with Crippen LogP contribution in [-0.4, -0.2) is 38.2 Å². The maximum Gasteiger partial charge on any atom is 0.165 e. The molecule has 0 amide bonds. The average molecular weight is 278 g/mol. The summed E-state index contributed by atoms with van der Waals surface area (Å²) in [4.78, 5) is 2.38. The number of methoxy groups -OCH3 is 1. The zero-order valence-electron chi connectivity index (χ0n) is 12.3. The van der Waals surface area contributed by atoms with Crippen LogP contribution in [0.1, 0.15) is 24.9 Å². The molecule has 1 fully saturated rings. The first-order valence-corrected chi connectivity index (χ1v) is 7.05. The lowest BCUT2D eigenvalue weighted by molar-refractivity contribution is 0.169. The van der Waals surface area contributed by atoms with E-state index in [9.17, 15) is 4.39 Å². The summed E-state index contributed by atoms with van der Waals surface area (Å²) in [5, 5.41) is 3.34. The summed E-state index contributed by atoms with van der Waals surface area (Å²) in [5.41, 5.74) is 2.01. The molecule has 110 valence electrons. The highest BCUT2D eigenvalue weighted by Gasteiger charge is 2.26. The van der Waals surface area contributed by atoms with Crippen LogP contribution < -0.4 is 10.1 Å². The van der Waals surface area contributed by atoms with Crippen molar-refractivity contribution in [2.45, 2.75) is 19.4 Å². The van der Waals surface area contributed by atoms with Crippen molar-refractivity contribution in [1.82, 2.24) is 10.2 Å². The van der Waals surface area contributed by atoms with Crippen LogP contribution in [-0.2, 0) is 0 Å². The number of halogens is 1. The van der Waals surface area contributed by atoms with Crippen LogP contribution in [0.5, 0.6) is 5.75 Å². The molecule has 1 aromatic carbocycles. The summed E-state index contributed by atoms with van der Waals surface area (Å²) < 4.78 is 19.2. The zero-order chi connectivity index (χ0) is 14.5. The fraction of sp³-hybridized carbons (Fsp3) is 0.500. The Kier molecular flexibility index (Phi) is 5.15. The van der Waals surface area contributed by atoms with Gasteiger partial charge in [0.05, 0.1) is 7.11 Å². The van der Waals surface area contributed by atoms with Crippen molar-refractivity contribution < 1.29 is 9.13 Å². The molecular formula is C16H23FN2O. The van der Waals surface area contributed by atoms with Gasteiger partial charge in [-0.15, -0.1) is 6.58 Å². The van der Waals surface area contributed by atoms with Crippen LogP contribution in [0.15, 0.2) is 30.4 Å². The van der Waals surface area contributed by atoms with E-state index in [1.165, 1.54) is 13.2 Å². The van der Waals surface area contributed by atoms with Crippen molar-refractivity contribution in [2.24, 2.45) is 0 Å². The van der Waals surface area contributed by atoms with Crippen molar-refractivity contribution in [2.75, 3.05) is 33.3 Å². The molecule has 2 rings (SSSR count). The molecule has 0 unspecified atom stereocenters. The Morgan fingerprint density at radius 3 is 2.75 bits per heavy atom. The Morgan fingerprint density at radius 2 is 2.15 bits per heavy atom. The van der Waals surface area contributed by atoms with Gasteiger partial charge in [-0.05, 0) is 19.4 Å². The number of nitrogens with one attached hydrogen (secondary N) is 1. The average Bonchev–Trinajstić information content (AvgIpc) is 2.45. The van der Waals surface area contributed by atoms with Crippen LogP contribution in [0.3, 0.4) is 0 Å². The molecule has 0 spiro atoms. The monoisotopic (exact) mass is 278 g/mol. The summed E-state index contributed by atoms with van der Waals surface area (Å²) in [5.74, 6) is 0.0594.